The van der Waals surface area contributed by atoms with Crippen molar-refractivity contribution in [1.82, 2.24) is 5.32 Å². The van der Waals surface area contributed by atoms with Crippen molar-refractivity contribution in [1.29, 1.82) is 0 Å². The number of aryl methyl sites for hydroxylation is 1. The lowest BCUT2D eigenvalue weighted by molar-refractivity contribution is 0.588. The number of benzene rings is 1. The monoisotopic (exact) mass is 276 g/mol. The van der Waals surface area contributed by atoms with Gasteiger partial charge in [0.05, 0.1) is 0 Å². The summed E-state index contributed by atoms with van der Waals surface area (Å²) in [6.45, 7) is 11.1. The average Bonchev–Trinajstić information content (AvgIpc) is 2.27. The van der Waals surface area contributed by atoms with Crippen LogP contribution in [0.25, 0.3) is 0 Å². The first-order chi connectivity index (χ1) is 7.20. The van der Waals surface area contributed by atoms with Gasteiger partial charge < -0.3 is 10.2 Å². The van der Waals surface area contributed by atoms with Gasteiger partial charge in [0.2, 0.25) is 0 Å². The lowest BCUT2D eigenvalue weighted by Gasteiger charge is -2.31. The third-order valence-corrected chi connectivity index (χ3v) is 3.49. The number of nitrogens with one attached hydrogen (secondary N) is 1. The van der Waals surface area contributed by atoms with E-state index in [4.69, 9.17) is 0 Å². The van der Waals surface area contributed by atoms with E-state index in [1.54, 1.807) is 0 Å². The van der Waals surface area contributed by atoms with Crippen LogP contribution in [0.15, 0.2) is 12.1 Å². The summed E-state index contributed by atoms with van der Waals surface area (Å²) < 4.78 is 0. The molecule has 0 aromatic heterocycles. The zero-order chi connectivity index (χ0) is 10.8. The highest BCUT2D eigenvalue weighted by Crippen LogP contribution is 2.25. The largest absolute Gasteiger partial charge is 0.369 e. The highest BCUT2D eigenvalue weighted by atomic mass is 35.5. The van der Waals surface area contributed by atoms with Crippen LogP contribution in [0.3, 0.4) is 0 Å². The van der Waals surface area contributed by atoms with Gasteiger partial charge in [0.15, 0.2) is 0 Å². The average molecular weight is 277 g/mol. The second kappa shape index (κ2) is 7.10. The SMILES string of the molecule is Cc1ccc(N2CCNCC2)c(C)c1C.Cl.Cl. The number of nitrogens with zero attached hydrogens (tertiary/aromatic N) is 1. The fourth-order valence-corrected chi connectivity index (χ4v) is 2.19. The van der Waals surface area contributed by atoms with E-state index in [9.17, 15) is 0 Å². The van der Waals surface area contributed by atoms with E-state index >= 15 is 0 Å². The molecular formula is C13H22Cl2N2. The van der Waals surface area contributed by atoms with Gasteiger partial charge in [-0.1, -0.05) is 6.07 Å². The number of halogens is 2. The molecule has 0 radical (unpaired) electrons. The zero-order valence-electron chi connectivity index (χ0n) is 10.7. The molecule has 1 saturated heterocycles. The van der Waals surface area contributed by atoms with E-state index in [0.717, 1.165) is 26.2 Å². The van der Waals surface area contributed by atoms with Crippen LogP contribution in [0.1, 0.15) is 16.7 Å². The van der Waals surface area contributed by atoms with Crippen LogP contribution < -0.4 is 10.2 Å². The first kappa shape index (κ1) is 16.6. The number of piperazine rings is 1. The molecule has 1 aromatic carbocycles. The third-order valence-electron chi connectivity index (χ3n) is 3.49. The molecule has 0 unspecified atom stereocenters. The summed E-state index contributed by atoms with van der Waals surface area (Å²) in [5.41, 5.74) is 5.69. The molecule has 0 atom stereocenters. The Bertz CT molecular complexity index is 361. The smallest absolute Gasteiger partial charge is 0.0399 e. The normalized spacial score (nSPS) is 14.9. The van der Waals surface area contributed by atoms with Gasteiger partial charge in [-0.3, -0.25) is 0 Å². The van der Waals surface area contributed by atoms with Gasteiger partial charge in [0, 0.05) is 31.9 Å². The summed E-state index contributed by atoms with van der Waals surface area (Å²) >= 11 is 0. The van der Waals surface area contributed by atoms with Crippen LogP contribution in [-0.4, -0.2) is 26.2 Å². The van der Waals surface area contributed by atoms with E-state index in [-0.39, 0.29) is 24.8 Å². The summed E-state index contributed by atoms with van der Waals surface area (Å²) in [5.74, 6) is 0. The van der Waals surface area contributed by atoms with E-state index in [1.165, 1.54) is 22.4 Å². The molecule has 1 aliphatic heterocycles. The van der Waals surface area contributed by atoms with Crippen LogP contribution >= 0.6 is 24.8 Å². The Labute approximate surface area is 117 Å². The molecule has 1 N–H and O–H groups in total. The fraction of sp³-hybridized carbons (Fsp3) is 0.538. The van der Waals surface area contributed by atoms with Crippen molar-refractivity contribution in [3.05, 3.63) is 28.8 Å². The van der Waals surface area contributed by atoms with Crippen LogP contribution in [-0.2, 0) is 0 Å². The summed E-state index contributed by atoms with van der Waals surface area (Å²) in [6.07, 6.45) is 0. The lowest BCUT2D eigenvalue weighted by Crippen LogP contribution is -2.43. The molecule has 0 aliphatic carbocycles. The quantitative estimate of drug-likeness (QED) is 0.849. The van der Waals surface area contributed by atoms with Crippen molar-refractivity contribution in [2.24, 2.45) is 0 Å². The minimum atomic E-state index is 0. The molecule has 1 aliphatic rings. The zero-order valence-corrected chi connectivity index (χ0v) is 12.4. The molecule has 1 aromatic rings. The maximum absolute atomic E-state index is 3.39. The summed E-state index contributed by atoms with van der Waals surface area (Å²) in [6, 6.07) is 4.50. The minimum Gasteiger partial charge on any atom is -0.369 e. The topological polar surface area (TPSA) is 15.3 Å². The third kappa shape index (κ3) is 3.51. The van der Waals surface area contributed by atoms with Crippen molar-refractivity contribution >= 4 is 30.5 Å². The summed E-state index contributed by atoms with van der Waals surface area (Å²) in [7, 11) is 0. The molecule has 0 saturated carbocycles. The highest BCUT2D eigenvalue weighted by Gasteiger charge is 2.13. The van der Waals surface area contributed by atoms with E-state index in [2.05, 4.69) is 43.1 Å². The van der Waals surface area contributed by atoms with Gasteiger partial charge in [-0.05, 0) is 43.5 Å². The van der Waals surface area contributed by atoms with E-state index < -0.39 is 0 Å². The van der Waals surface area contributed by atoms with Crippen molar-refractivity contribution in [2.75, 3.05) is 31.1 Å². The van der Waals surface area contributed by atoms with Gasteiger partial charge in [-0.2, -0.15) is 0 Å². The predicted molar refractivity (Wildman–Crippen MR) is 80.2 cm³/mol. The van der Waals surface area contributed by atoms with Crippen molar-refractivity contribution < 1.29 is 0 Å². The lowest BCUT2D eigenvalue weighted by atomic mass is 10.0. The van der Waals surface area contributed by atoms with Crippen LogP contribution in [0.5, 0.6) is 0 Å². The van der Waals surface area contributed by atoms with Gasteiger partial charge in [-0.25, -0.2) is 0 Å². The molecule has 0 amide bonds. The van der Waals surface area contributed by atoms with Gasteiger partial charge in [0.25, 0.3) is 0 Å². The predicted octanol–water partition coefficient (Wildman–Crippen LogP) is 2.87. The van der Waals surface area contributed by atoms with Gasteiger partial charge in [-0.15, -0.1) is 24.8 Å². The van der Waals surface area contributed by atoms with Crippen molar-refractivity contribution in [2.45, 2.75) is 20.8 Å². The second-order valence-electron chi connectivity index (χ2n) is 4.39. The number of rotatable bonds is 1. The molecule has 0 bridgehead atoms. The standard InChI is InChI=1S/C13H20N2.2ClH/c1-10-4-5-13(12(3)11(10)2)15-8-6-14-7-9-15;;/h4-5,14H,6-9H2,1-3H3;2*1H. The molecule has 98 valence electrons. The number of hydrogen-bond donors (Lipinski definition) is 1. The summed E-state index contributed by atoms with van der Waals surface area (Å²) in [4.78, 5) is 2.48. The Morgan fingerprint density at radius 1 is 0.941 bits per heavy atom. The second-order valence-corrected chi connectivity index (χ2v) is 4.39. The van der Waals surface area contributed by atoms with Crippen molar-refractivity contribution in [3.8, 4) is 0 Å². The number of hydrogen-bond acceptors (Lipinski definition) is 2. The molecule has 2 rings (SSSR count). The van der Waals surface area contributed by atoms with Gasteiger partial charge in [0.1, 0.15) is 0 Å². The fourth-order valence-electron chi connectivity index (χ4n) is 2.19. The molecule has 1 fully saturated rings. The number of anilines is 1. The maximum atomic E-state index is 3.39. The Kier molecular flexibility index (Phi) is 6.91. The Hall–Kier alpha value is -0.440. The van der Waals surface area contributed by atoms with Crippen LogP contribution in [0, 0.1) is 20.8 Å². The first-order valence-electron chi connectivity index (χ1n) is 5.72. The van der Waals surface area contributed by atoms with Crippen LogP contribution in [0.4, 0.5) is 5.69 Å². The van der Waals surface area contributed by atoms with E-state index in [1.807, 2.05) is 0 Å². The van der Waals surface area contributed by atoms with E-state index in [0.29, 0.717) is 0 Å². The van der Waals surface area contributed by atoms with Crippen LogP contribution in [0.2, 0.25) is 0 Å². The first-order valence-corrected chi connectivity index (χ1v) is 5.72. The minimum absolute atomic E-state index is 0. The Morgan fingerprint density at radius 3 is 2.12 bits per heavy atom. The summed E-state index contributed by atoms with van der Waals surface area (Å²) in [5, 5.41) is 3.39. The molecule has 17 heavy (non-hydrogen) atoms. The Balaban J connectivity index is 0.00000128. The highest BCUT2D eigenvalue weighted by molar-refractivity contribution is 5.85. The maximum Gasteiger partial charge on any atom is 0.0399 e. The molecule has 0 spiro atoms. The molecule has 2 nitrogen and oxygen atoms in total. The molecule has 1 heterocycles. The molecular weight excluding hydrogens is 255 g/mol. The van der Waals surface area contributed by atoms with Crippen molar-refractivity contribution in [3.63, 3.8) is 0 Å². The van der Waals surface area contributed by atoms with Gasteiger partial charge >= 0.3 is 0 Å². The molecule has 4 heteroatoms. The Morgan fingerprint density at radius 2 is 1.53 bits per heavy atom.